The predicted molar refractivity (Wildman–Crippen MR) is 78.7 cm³/mol. The third-order valence-electron chi connectivity index (χ3n) is 4.77. The van der Waals surface area contributed by atoms with Crippen LogP contribution in [-0.4, -0.2) is 29.4 Å². The summed E-state index contributed by atoms with van der Waals surface area (Å²) in [6.07, 6.45) is 11.6. The second-order valence-corrected chi connectivity index (χ2v) is 6.71. The Kier molecular flexibility index (Phi) is 5.82. The highest BCUT2D eigenvalue weighted by Gasteiger charge is 2.33. The van der Waals surface area contributed by atoms with Gasteiger partial charge in [0.25, 0.3) is 0 Å². The van der Waals surface area contributed by atoms with Gasteiger partial charge in [0, 0.05) is 17.9 Å². The Balaban J connectivity index is 1.85. The first-order valence-corrected chi connectivity index (χ1v) is 8.77. The summed E-state index contributed by atoms with van der Waals surface area (Å²) in [6, 6.07) is 0.941. The number of rotatable bonds is 6. The maximum Gasteiger partial charge on any atom is 0.0124 e. The highest BCUT2D eigenvalue weighted by atomic mass is 79.9. The van der Waals surface area contributed by atoms with Crippen LogP contribution in [0.2, 0.25) is 0 Å². The van der Waals surface area contributed by atoms with Crippen LogP contribution in [0, 0.1) is 11.8 Å². The molecule has 0 spiro atoms. The Morgan fingerprint density at radius 2 is 1.94 bits per heavy atom. The molecule has 1 saturated carbocycles. The van der Waals surface area contributed by atoms with Gasteiger partial charge in [0.2, 0.25) is 0 Å². The van der Waals surface area contributed by atoms with Gasteiger partial charge in [-0.3, -0.25) is 4.90 Å². The van der Waals surface area contributed by atoms with Crippen molar-refractivity contribution in [3.8, 4) is 0 Å². The topological polar surface area (TPSA) is 3.24 Å². The van der Waals surface area contributed by atoms with Crippen LogP contribution in [0.5, 0.6) is 0 Å². The molecule has 17 heavy (non-hydrogen) atoms. The largest absolute Gasteiger partial charge is 0.300 e. The smallest absolute Gasteiger partial charge is 0.0124 e. The summed E-state index contributed by atoms with van der Waals surface area (Å²) in [6.45, 7) is 5.03. The molecule has 1 aliphatic heterocycles. The molecule has 2 aliphatic rings. The van der Waals surface area contributed by atoms with E-state index in [-0.39, 0.29) is 0 Å². The van der Waals surface area contributed by atoms with E-state index >= 15 is 0 Å². The van der Waals surface area contributed by atoms with Crippen molar-refractivity contribution in [3.05, 3.63) is 0 Å². The first kappa shape index (κ1) is 13.9. The zero-order valence-electron chi connectivity index (χ0n) is 11.3. The second kappa shape index (κ2) is 7.13. The summed E-state index contributed by atoms with van der Waals surface area (Å²) in [5, 5.41) is 1.19. The van der Waals surface area contributed by atoms with Gasteiger partial charge in [0.05, 0.1) is 0 Å². The Hall–Kier alpha value is 0.440. The predicted octanol–water partition coefficient (Wildman–Crippen LogP) is 4.45. The lowest BCUT2D eigenvalue weighted by molar-refractivity contribution is 0.167. The molecule has 100 valence electrons. The zero-order chi connectivity index (χ0) is 12.1. The van der Waals surface area contributed by atoms with Crippen molar-refractivity contribution in [2.45, 2.75) is 64.3 Å². The van der Waals surface area contributed by atoms with Crippen LogP contribution in [0.3, 0.4) is 0 Å². The number of halogens is 1. The van der Waals surface area contributed by atoms with Crippen molar-refractivity contribution in [1.82, 2.24) is 4.90 Å². The molecule has 0 aromatic heterocycles. The molecule has 1 saturated heterocycles. The first-order chi connectivity index (χ1) is 8.35. The number of nitrogens with zero attached hydrogens (tertiary/aromatic N) is 1. The molecule has 0 radical (unpaired) electrons. The van der Waals surface area contributed by atoms with E-state index in [0.717, 1.165) is 17.9 Å². The summed E-state index contributed by atoms with van der Waals surface area (Å²) in [5.41, 5.74) is 0. The van der Waals surface area contributed by atoms with Gasteiger partial charge >= 0.3 is 0 Å². The van der Waals surface area contributed by atoms with E-state index in [9.17, 15) is 0 Å². The van der Waals surface area contributed by atoms with Gasteiger partial charge in [-0.25, -0.2) is 0 Å². The lowest BCUT2D eigenvalue weighted by atomic mass is 9.95. The summed E-state index contributed by atoms with van der Waals surface area (Å²) in [4.78, 5) is 2.83. The van der Waals surface area contributed by atoms with Crippen LogP contribution in [-0.2, 0) is 0 Å². The van der Waals surface area contributed by atoms with Crippen molar-refractivity contribution < 1.29 is 0 Å². The van der Waals surface area contributed by atoms with Crippen LogP contribution in [0.4, 0.5) is 0 Å². The quantitative estimate of drug-likeness (QED) is 0.655. The molecule has 2 fully saturated rings. The molecule has 2 unspecified atom stereocenters. The van der Waals surface area contributed by atoms with Gasteiger partial charge in [-0.2, -0.15) is 0 Å². The molecule has 2 heteroatoms. The van der Waals surface area contributed by atoms with Gasteiger partial charge in [-0.05, 0) is 50.5 Å². The molecule has 0 bridgehead atoms. The van der Waals surface area contributed by atoms with E-state index in [4.69, 9.17) is 0 Å². The molecular formula is C15H28BrN. The van der Waals surface area contributed by atoms with Crippen LogP contribution in [0.25, 0.3) is 0 Å². The third-order valence-corrected chi connectivity index (χ3v) is 5.68. The van der Waals surface area contributed by atoms with Crippen molar-refractivity contribution in [2.24, 2.45) is 11.8 Å². The average Bonchev–Trinajstić information content (AvgIpc) is 2.98. The van der Waals surface area contributed by atoms with Gasteiger partial charge in [0.15, 0.2) is 0 Å². The Morgan fingerprint density at radius 1 is 1.18 bits per heavy atom. The Bertz CT molecular complexity index is 213. The molecule has 0 aromatic rings. The third kappa shape index (κ3) is 3.70. The molecule has 0 amide bonds. The monoisotopic (exact) mass is 301 g/mol. The number of alkyl halides is 1. The molecule has 2 rings (SSSR count). The fourth-order valence-corrected chi connectivity index (χ4v) is 4.44. The van der Waals surface area contributed by atoms with E-state index in [1.807, 2.05) is 0 Å². The summed E-state index contributed by atoms with van der Waals surface area (Å²) >= 11 is 3.70. The summed E-state index contributed by atoms with van der Waals surface area (Å²) in [5.74, 6) is 1.91. The summed E-state index contributed by atoms with van der Waals surface area (Å²) in [7, 11) is 0. The van der Waals surface area contributed by atoms with E-state index < -0.39 is 0 Å². The maximum atomic E-state index is 3.70. The molecule has 1 heterocycles. The fraction of sp³-hybridized carbons (Fsp3) is 1.00. The molecule has 0 aromatic carbocycles. The van der Waals surface area contributed by atoms with Gasteiger partial charge in [0.1, 0.15) is 0 Å². The maximum absolute atomic E-state index is 3.70. The highest BCUT2D eigenvalue weighted by molar-refractivity contribution is 9.09. The minimum absolute atomic E-state index is 0.877. The molecule has 1 nitrogen and oxygen atoms in total. The highest BCUT2D eigenvalue weighted by Crippen LogP contribution is 2.35. The van der Waals surface area contributed by atoms with E-state index in [0.29, 0.717) is 0 Å². The van der Waals surface area contributed by atoms with Crippen LogP contribution in [0.1, 0.15) is 58.3 Å². The number of hydrogen-bond donors (Lipinski definition) is 0. The van der Waals surface area contributed by atoms with E-state index in [1.54, 1.807) is 0 Å². The molecular weight excluding hydrogens is 274 g/mol. The van der Waals surface area contributed by atoms with Crippen LogP contribution in [0.15, 0.2) is 0 Å². The zero-order valence-corrected chi connectivity index (χ0v) is 12.9. The Labute approximate surface area is 115 Å². The standard InChI is InChI=1S/C15H28BrN/c1-2-6-13(11-16)12-17-10-5-9-15(17)14-7-3-4-8-14/h13-15H,2-12H2,1H3. The first-order valence-electron chi connectivity index (χ1n) is 7.65. The van der Waals surface area contributed by atoms with E-state index in [2.05, 4.69) is 27.8 Å². The van der Waals surface area contributed by atoms with Crippen LogP contribution >= 0.6 is 15.9 Å². The van der Waals surface area contributed by atoms with Crippen molar-refractivity contribution >= 4 is 15.9 Å². The van der Waals surface area contributed by atoms with Crippen molar-refractivity contribution in [2.75, 3.05) is 18.4 Å². The number of likely N-dealkylation sites (tertiary alicyclic amines) is 1. The lowest BCUT2D eigenvalue weighted by Crippen LogP contribution is -2.38. The SMILES string of the molecule is CCCC(CBr)CN1CCCC1C1CCCC1. The lowest BCUT2D eigenvalue weighted by Gasteiger charge is -2.32. The fourth-order valence-electron chi connectivity index (χ4n) is 3.91. The summed E-state index contributed by atoms with van der Waals surface area (Å²) < 4.78 is 0. The van der Waals surface area contributed by atoms with E-state index in [1.165, 1.54) is 69.8 Å². The van der Waals surface area contributed by atoms with Crippen molar-refractivity contribution in [3.63, 3.8) is 0 Å². The minimum Gasteiger partial charge on any atom is -0.300 e. The molecule has 2 atom stereocenters. The van der Waals surface area contributed by atoms with Gasteiger partial charge in [-0.15, -0.1) is 0 Å². The van der Waals surface area contributed by atoms with Crippen LogP contribution < -0.4 is 0 Å². The van der Waals surface area contributed by atoms with Crippen molar-refractivity contribution in [1.29, 1.82) is 0 Å². The minimum atomic E-state index is 0.877. The molecule has 1 aliphatic carbocycles. The normalized spacial score (nSPS) is 28.9. The number of hydrogen-bond acceptors (Lipinski definition) is 1. The average molecular weight is 302 g/mol. The molecule has 0 N–H and O–H groups in total. The Morgan fingerprint density at radius 3 is 2.59 bits per heavy atom. The second-order valence-electron chi connectivity index (χ2n) is 6.06. The van der Waals surface area contributed by atoms with Gasteiger partial charge in [-0.1, -0.05) is 42.1 Å². The van der Waals surface area contributed by atoms with Gasteiger partial charge < -0.3 is 0 Å².